The van der Waals surface area contributed by atoms with Gasteiger partial charge in [0.2, 0.25) is 0 Å². The minimum absolute atomic E-state index is 0.254. The van der Waals surface area contributed by atoms with Crippen molar-refractivity contribution in [2.24, 2.45) is 16.3 Å². The van der Waals surface area contributed by atoms with Gasteiger partial charge in [-0.05, 0) is 12.5 Å². The summed E-state index contributed by atoms with van der Waals surface area (Å²) in [5, 5.41) is 15.7. The molecule has 0 atom stereocenters. The van der Waals surface area contributed by atoms with Crippen LogP contribution in [0.2, 0.25) is 0 Å². The van der Waals surface area contributed by atoms with E-state index in [0.29, 0.717) is 0 Å². The summed E-state index contributed by atoms with van der Waals surface area (Å²) >= 11 is 0. The molecule has 0 bridgehead atoms. The fourth-order valence-electron chi connectivity index (χ4n) is 1.09. The van der Waals surface area contributed by atoms with Gasteiger partial charge in [-0.2, -0.15) is 5.10 Å². The second kappa shape index (κ2) is 4.13. The van der Waals surface area contributed by atoms with E-state index in [9.17, 15) is 0 Å². The summed E-state index contributed by atoms with van der Waals surface area (Å²) < 4.78 is 1.83. The highest BCUT2D eigenvalue weighted by Gasteiger charge is 2.23. The predicted molar refractivity (Wildman–Crippen MR) is 54.0 cm³/mol. The van der Waals surface area contributed by atoms with Gasteiger partial charge in [-0.15, -0.1) is 0 Å². The predicted octanol–water partition coefficient (Wildman–Crippen LogP) is 1.05. The number of rotatable bonds is 4. The molecule has 0 spiro atoms. The lowest BCUT2D eigenvalue weighted by Gasteiger charge is -2.22. The molecule has 0 radical (unpaired) electrons. The maximum atomic E-state index is 8.57. The molecule has 14 heavy (non-hydrogen) atoms. The number of aromatic nitrogens is 2. The number of hydrogen-bond acceptors (Lipinski definition) is 3. The average Bonchev–Trinajstić information content (AvgIpc) is 2.66. The lowest BCUT2D eigenvalue weighted by Crippen LogP contribution is -2.33. The zero-order valence-corrected chi connectivity index (χ0v) is 8.51. The number of aryl methyl sites for hydroxylation is 1. The van der Waals surface area contributed by atoms with Gasteiger partial charge < -0.3 is 10.9 Å². The smallest absolute Gasteiger partial charge is 0.144 e. The summed E-state index contributed by atoms with van der Waals surface area (Å²) in [5.41, 5.74) is 5.26. The molecule has 0 aliphatic heterocycles. The zero-order chi connectivity index (χ0) is 10.6. The second-order valence-electron chi connectivity index (χ2n) is 3.89. The van der Waals surface area contributed by atoms with Gasteiger partial charge in [0.1, 0.15) is 5.84 Å². The molecule has 0 saturated carbocycles. The minimum Gasteiger partial charge on any atom is -0.409 e. The van der Waals surface area contributed by atoms with E-state index in [4.69, 9.17) is 10.9 Å². The topological polar surface area (TPSA) is 76.4 Å². The number of hydrogen-bond donors (Lipinski definition) is 2. The highest BCUT2D eigenvalue weighted by atomic mass is 16.4. The Morgan fingerprint density at radius 2 is 2.36 bits per heavy atom. The third-order valence-electron chi connectivity index (χ3n) is 2.33. The molecular formula is C9H16N4O. The summed E-state index contributed by atoms with van der Waals surface area (Å²) in [6, 6.07) is 1.87. The van der Waals surface area contributed by atoms with E-state index >= 15 is 0 Å². The normalized spacial score (nSPS) is 13.1. The first kappa shape index (κ1) is 10.6. The van der Waals surface area contributed by atoms with E-state index in [1.807, 2.05) is 30.8 Å². The van der Waals surface area contributed by atoms with Crippen molar-refractivity contribution in [3.05, 3.63) is 18.5 Å². The van der Waals surface area contributed by atoms with Crippen molar-refractivity contribution in [3.8, 4) is 0 Å². The van der Waals surface area contributed by atoms with E-state index in [2.05, 4.69) is 10.3 Å². The number of nitrogens with two attached hydrogens (primary N) is 1. The van der Waals surface area contributed by atoms with Crippen LogP contribution in [0.5, 0.6) is 0 Å². The van der Waals surface area contributed by atoms with Gasteiger partial charge in [0.15, 0.2) is 0 Å². The Morgan fingerprint density at radius 3 is 2.86 bits per heavy atom. The van der Waals surface area contributed by atoms with E-state index in [0.717, 1.165) is 13.0 Å². The van der Waals surface area contributed by atoms with Crippen molar-refractivity contribution in [1.29, 1.82) is 0 Å². The molecule has 0 aromatic carbocycles. The van der Waals surface area contributed by atoms with Gasteiger partial charge in [0, 0.05) is 24.4 Å². The van der Waals surface area contributed by atoms with Crippen LogP contribution in [0.3, 0.4) is 0 Å². The quantitative estimate of drug-likeness (QED) is 0.327. The monoisotopic (exact) mass is 196 g/mol. The first-order valence-electron chi connectivity index (χ1n) is 4.52. The molecule has 0 fully saturated rings. The number of nitrogens with zero attached hydrogens (tertiary/aromatic N) is 3. The largest absolute Gasteiger partial charge is 0.409 e. The van der Waals surface area contributed by atoms with E-state index in [1.165, 1.54) is 0 Å². The summed E-state index contributed by atoms with van der Waals surface area (Å²) in [6.45, 7) is 4.63. The summed E-state index contributed by atoms with van der Waals surface area (Å²) in [4.78, 5) is 0. The van der Waals surface area contributed by atoms with Crippen LogP contribution < -0.4 is 5.73 Å². The van der Waals surface area contributed by atoms with Crippen molar-refractivity contribution in [3.63, 3.8) is 0 Å². The molecule has 0 aliphatic rings. The Labute approximate surface area is 83.2 Å². The second-order valence-corrected chi connectivity index (χ2v) is 3.89. The molecule has 3 N–H and O–H groups in total. The summed E-state index contributed by atoms with van der Waals surface area (Å²) in [7, 11) is 0. The highest BCUT2D eigenvalue weighted by molar-refractivity contribution is 5.85. The molecule has 1 rings (SSSR count). The van der Waals surface area contributed by atoms with Gasteiger partial charge in [-0.25, -0.2) is 0 Å². The molecule has 1 aromatic heterocycles. The van der Waals surface area contributed by atoms with Crippen LogP contribution >= 0.6 is 0 Å². The van der Waals surface area contributed by atoms with Gasteiger partial charge in [0.05, 0.1) is 0 Å². The van der Waals surface area contributed by atoms with Crippen LogP contribution in [0.25, 0.3) is 0 Å². The fraction of sp³-hybridized carbons (Fsp3) is 0.556. The molecule has 0 saturated heterocycles. The minimum atomic E-state index is -0.305. The SMILES string of the molecule is CC(C)(CCn1cccn1)C(N)=NO. The lowest BCUT2D eigenvalue weighted by molar-refractivity contribution is 0.302. The van der Waals surface area contributed by atoms with Crippen molar-refractivity contribution in [1.82, 2.24) is 9.78 Å². The maximum Gasteiger partial charge on any atom is 0.144 e. The molecule has 0 unspecified atom stereocenters. The Balaban J connectivity index is 2.52. The van der Waals surface area contributed by atoms with E-state index in [1.54, 1.807) is 6.20 Å². The molecule has 5 nitrogen and oxygen atoms in total. The summed E-state index contributed by atoms with van der Waals surface area (Å²) in [6.07, 6.45) is 4.41. The van der Waals surface area contributed by atoms with Crippen LogP contribution in [0.15, 0.2) is 23.6 Å². The van der Waals surface area contributed by atoms with Crippen LogP contribution in [-0.2, 0) is 6.54 Å². The maximum absolute atomic E-state index is 8.57. The highest BCUT2D eigenvalue weighted by Crippen LogP contribution is 2.20. The molecule has 78 valence electrons. The van der Waals surface area contributed by atoms with E-state index in [-0.39, 0.29) is 11.3 Å². The third-order valence-corrected chi connectivity index (χ3v) is 2.33. The van der Waals surface area contributed by atoms with Crippen LogP contribution in [-0.4, -0.2) is 20.8 Å². The Hall–Kier alpha value is -1.52. The molecular weight excluding hydrogens is 180 g/mol. The van der Waals surface area contributed by atoms with Gasteiger partial charge in [-0.3, -0.25) is 4.68 Å². The van der Waals surface area contributed by atoms with E-state index < -0.39 is 0 Å². The zero-order valence-electron chi connectivity index (χ0n) is 8.51. The van der Waals surface area contributed by atoms with Crippen LogP contribution in [0, 0.1) is 5.41 Å². The number of oxime groups is 1. The van der Waals surface area contributed by atoms with Gasteiger partial charge in [0.25, 0.3) is 0 Å². The third kappa shape index (κ3) is 2.48. The van der Waals surface area contributed by atoms with Crippen LogP contribution in [0.1, 0.15) is 20.3 Å². The molecule has 1 aromatic rings. The Morgan fingerprint density at radius 1 is 1.64 bits per heavy atom. The van der Waals surface area contributed by atoms with Crippen molar-refractivity contribution < 1.29 is 5.21 Å². The Bertz CT molecular complexity index is 303. The van der Waals surface area contributed by atoms with Crippen LogP contribution in [0.4, 0.5) is 0 Å². The van der Waals surface area contributed by atoms with Crippen molar-refractivity contribution in [2.45, 2.75) is 26.8 Å². The Kier molecular flexibility index (Phi) is 3.11. The average molecular weight is 196 g/mol. The van der Waals surface area contributed by atoms with Gasteiger partial charge >= 0.3 is 0 Å². The standard InChI is InChI=1S/C9H16N4O/c1-9(2,8(10)12-14)4-7-13-6-3-5-11-13/h3,5-6,14H,4,7H2,1-2H3,(H2,10,12). The molecule has 1 heterocycles. The molecule has 0 aliphatic carbocycles. The summed E-state index contributed by atoms with van der Waals surface area (Å²) in [5.74, 6) is 0.254. The first-order chi connectivity index (χ1) is 6.56. The molecule has 5 heteroatoms. The number of amidine groups is 1. The molecule has 0 amide bonds. The van der Waals surface area contributed by atoms with Crippen molar-refractivity contribution >= 4 is 5.84 Å². The fourth-order valence-corrected chi connectivity index (χ4v) is 1.09. The lowest BCUT2D eigenvalue weighted by atomic mass is 9.88. The van der Waals surface area contributed by atoms with Crippen molar-refractivity contribution in [2.75, 3.05) is 0 Å². The first-order valence-corrected chi connectivity index (χ1v) is 4.52. The van der Waals surface area contributed by atoms with Gasteiger partial charge in [-0.1, -0.05) is 19.0 Å².